The molecule has 9 nitrogen and oxygen atoms in total. The summed E-state index contributed by atoms with van der Waals surface area (Å²) in [5, 5.41) is 7.02. The summed E-state index contributed by atoms with van der Waals surface area (Å²) in [7, 11) is 0. The summed E-state index contributed by atoms with van der Waals surface area (Å²) in [5.41, 5.74) is 2.84. The van der Waals surface area contributed by atoms with Crippen LogP contribution < -0.4 is 16.2 Å². The summed E-state index contributed by atoms with van der Waals surface area (Å²) in [6.07, 6.45) is 4.08. The minimum Gasteiger partial charge on any atom is -0.324 e. The molecule has 0 fully saturated rings. The number of halogens is 1. The maximum Gasteiger partial charge on any atom is 0.278 e. The highest BCUT2D eigenvalue weighted by molar-refractivity contribution is 5.77. The summed E-state index contributed by atoms with van der Waals surface area (Å²) in [5.74, 6) is 1.19. The van der Waals surface area contributed by atoms with Gasteiger partial charge in [0.2, 0.25) is 5.95 Å². The molecule has 34 heavy (non-hydrogen) atoms. The fourth-order valence-electron chi connectivity index (χ4n) is 4.14. The third-order valence-corrected chi connectivity index (χ3v) is 6.12. The lowest BCUT2D eigenvalue weighted by molar-refractivity contribution is 0.336. The third kappa shape index (κ3) is 3.83. The Hall–Kier alpha value is -3.66. The first-order chi connectivity index (χ1) is 16.4. The maximum absolute atomic E-state index is 13.6. The highest BCUT2D eigenvalue weighted by Gasteiger charge is 2.25. The molecule has 4 heterocycles. The molecule has 2 N–H and O–H groups in total. The van der Waals surface area contributed by atoms with Gasteiger partial charge in [-0.1, -0.05) is 19.9 Å². The predicted octanol–water partition coefficient (Wildman–Crippen LogP) is 3.03. The van der Waals surface area contributed by atoms with E-state index in [1.54, 1.807) is 35.5 Å². The second-order valence-electron chi connectivity index (χ2n) is 9.05. The largest absolute Gasteiger partial charge is 0.324 e. The fraction of sp³-hybridized carbons (Fsp3) is 0.375. The smallest absolute Gasteiger partial charge is 0.278 e. The first-order valence-corrected chi connectivity index (χ1v) is 11.4. The Bertz CT molecular complexity index is 1420. The van der Waals surface area contributed by atoms with Gasteiger partial charge in [0, 0.05) is 37.2 Å². The van der Waals surface area contributed by atoms with Crippen molar-refractivity contribution < 1.29 is 4.39 Å². The van der Waals surface area contributed by atoms with Crippen LogP contribution in [0.15, 0.2) is 41.5 Å². The van der Waals surface area contributed by atoms with Gasteiger partial charge in [0.1, 0.15) is 17.9 Å². The van der Waals surface area contributed by atoms with Crippen LogP contribution in [0, 0.1) is 0 Å². The van der Waals surface area contributed by atoms with Crippen molar-refractivity contribution in [3.63, 3.8) is 0 Å². The molecule has 1 aliphatic heterocycles. The van der Waals surface area contributed by atoms with Crippen molar-refractivity contribution in [1.82, 2.24) is 34.6 Å². The first kappa shape index (κ1) is 22.1. The van der Waals surface area contributed by atoms with E-state index in [1.807, 2.05) is 13.0 Å². The molecule has 0 spiro atoms. The summed E-state index contributed by atoms with van der Waals surface area (Å²) in [4.78, 5) is 31.0. The van der Waals surface area contributed by atoms with Crippen molar-refractivity contribution in [3.05, 3.63) is 64.0 Å². The van der Waals surface area contributed by atoms with E-state index >= 15 is 0 Å². The van der Waals surface area contributed by atoms with Gasteiger partial charge in [0.15, 0.2) is 11.5 Å². The van der Waals surface area contributed by atoms with Crippen LogP contribution in [-0.2, 0) is 24.9 Å². The quantitative estimate of drug-likeness (QED) is 0.454. The lowest BCUT2D eigenvalue weighted by atomic mass is 9.94. The number of rotatable bonds is 6. The Labute approximate surface area is 196 Å². The molecule has 0 amide bonds. The molecule has 0 saturated heterocycles. The predicted molar refractivity (Wildman–Crippen MR) is 129 cm³/mol. The van der Waals surface area contributed by atoms with Crippen LogP contribution in [0.2, 0.25) is 0 Å². The van der Waals surface area contributed by atoms with Crippen molar-refractivity contribution in [2.24, 2.45) is 0 Å². The number of hydrogen-bond donors (Lipinski definition) is 2. The molecule has 0 atom stereocenters. The van der Waals surface area contributed by atoms with Gasteiger partial charge in [-0.2, -0.15) is 4.98 Å². The van der Waals surface area contributed by atoms with Gasteiger partial charge >= 0.3 is 0 Å². The van der Waals surface area contributed by atoms with Gasteiger partial charge in [-0.05, 0) is 43.1 Å². The topological polar surface area (TPSA) is 103 Å². The molecule has 1 aliphatic rings. The van der Waals surface area contributed by atoms with Crippen LogP contribution in [0.4, 0.5) is 16.0 Å². The lowest BCUT2D eigenvalue weighted by Crippen LogP contribution is -2.26. The molecule has 1 aromatic carbocycles. The number of anilines is 2. The SMILES string of the molecule is CCn1c(=O)c2cnc(Nc3ccc4c(c3)CCNC4)nc2n1-c1ccnc(C(C)(C)CF)n1. The van der Waals surface area contributed by atoms with E-state index in [4.69, 9.17) is 0 Å². The van der Waals surface area contributed by atoms with Gasteiger partial charge in [-0.15, -0.1) is 0 Å². The number of hydrogen-bond acceptors (Lipinski definition) is 7. The van der Waals surface area contributed by atoms with E-state index in [0.717, 1.165) is 25.2 Å². The zero-order valence-corrected chi connectivity index (χ0v) is 19.5. The van der Waals surface area contributed by atoms with Gasteiger partial charge in [-0.25, -0.2) is 24.3 Å². The van der Waals surface area contributed by atoms with E-state index in [9.17, 15) is 9.18 Å². The molecular weight excluding hydrogens is 435 g/mol. The van der Waals surface area contributed by atoms with Crippen molar-refractivity contribution in [1.29, 1.82) is 0 Å². The first-order valence-electron chi connectivity index (χ1n) is 11.4. The minimum atomic E-state index is -0.847. The second kappa shape index (κ2) is 8.60. The number of alkyl halides is 1. The van der Waals surface area contributed by atoms with Gasteiger partial charge in [0.05, 0.1) is 5.41 Å². The zero-order chi connectivity index (χ0) is 23.9. The van der Waals surface area contributed by atoms with E-state index < -0.39 is 12.1 Å². The molecule has 0 bridgehead atoms. The molecule has 0 aliphatic carbocycles. The molecule has 5 rings (SSSR count). The van der Waals surface area contributed by atoms with Gasteiger partial charge in [0.25, 0.3) is 5.56 Å². The molecule has 3 aromatic heterocycles. The van der Waals surface area contributed by atoms with Crippen molar-refractivity contribution >= 4 is 22.7 Å². The highest BCUT2D eigenvalue weighted by Crippen LogP contribution is 2.24. The van der Waals surface area contributed by atoms with Crippen molar-refractivity contribution in [2.45, 2.75) is 45.7 Å². The standard InChI is InChI=1S/C24H27FN8O/c1-4-32-21(34)18-13-28-23(29-17-6-5-16-12-26-9-7-15(16)11-17)31-20(18)33(32)19-8-10-27-22(30-19)24(2,3)14-25/h5-6,8,10-11,13,26H,4,7,9,12,14H2,1-3H3,(H,28,29,31). The maximum atomic E-state index is 13.6. The van der Waals surface area contributed by atoms with E-state index in [2.05, 4.69) is 42.7 Å². The van der Waals surface area contributed by atoms with E-state index in [1.165, 1.54) is 17.3 Å². The molecule has 176 valence electrons. The van der Waals surface area contributed by atoms with Crippen LogP contribution in [0.1, 0.15) is 37.7 Å². The van der Waals surface area contributed by atoms with Crippen molar-refractivity contribution in [2.75, 3.05) is 18.5 Å². The normalized spacial score (nSPS) is 13.8. The Morgan fingerprint density at radius 1 is 1.18 bits per heavy atom. The molecule has 4 aromatic rings. The average molecular weight is 463 g/mol. The van der Waals surface area contributed by atoms with E-state index in [0.29, 0.717) is 35.2 Å². The number of fused-ring (bicyclic) bond motifs is 2. The van der Waals surface area contributed by atoms with Crippen molar-refractivity contribution in [3.8, 4) is 5.82 Å². The van der Waals surface area contributed by atoms with Gasteiger partial charge in [-0.3, -0.25) is 9.18 Å². The summed E-state index contributed by atoms with van der Waals surface area (Å²) in [6.45, 7) is 6.99. The number of benzene rings is 1. The third-order valence-electron chi connectivity index (χ3n) is 6.12. The number of nitrogens with zero attached hydrogens (tertiary/aromatic N) is 6. The molecule has 0 radical (unpaired) electrons. The van der Waals surface area contributed by atoms with Crippen LogP contribution in [0.3, 0.4) is 0 Å². The summed E-state index contributed by atoms with van der Waals surface area (Å²) in [6, 6.07) is 7.90. The van der Waals surface area contributed by atoms with Crippen LogP contribution >= 0.6 is 0 Å². The second-order valence-corrected chi connectivity index (χ2v) is 9.05. The Kier molecular flexibility index (Phi) is 5.60. The Morgan fingerprint density at radius 2 is 2.03 bits per heavy atom. The van der Waals surface area contributed by atoms with Crippen LogP contribution in [-0.4, -0.2) is 42.5 Å². The average Bonchev–Trinajstić information content (AvgIpc) is 3.14. The summed E-state index contributed by atoms with van der Waals surface area (Å²) < 4.78 is 16.8. The highest BCUT2D eigenvalue weighted by atomic mass is 19.1. The monoisotopic (exact) mass is 462 g/mol. The van der Waals surface area contributed by atoms with Crippen LogP contribution in [0.5, 0.6) is 0 Å². The lowest BCUT2D eigenvalue weighted by Gasteiger charge is -2.19. The Morgan fingerprint density at radius 3 is 2.82 bits per heavy atom. The van der Waals surface area contributed by atoms with Gasteiger partial charge < -0.3 is 10.6 Å². The minimum absolute atomic E-state index is 0.213. The summed E-state index contributed by atoms with van der Waals surface area (Å²) >= 11 is 0. The zero-order valence-electron chi connectivity index (χ0n) is 19.5. The molecular formula is C24H27FN8O. The van der Waals surface area contributed by atoms with Crippen LogP contribution in [0.25, 0.3) is 16.9 Å². The fourth-order valence-corrected chi connectivity index (χ4v) is 4.14. The molecule has 10 heteroatoms. The Balaban J connectivity index is 1.60. The number of nitrogens with one attached hydrogen (secondary N) is 2. The molecule has 0 unspecified atom stereocenters. The van der Waals surface area contributed by atoms with E-state index in [-0.39, 0.29) is 5.56 Å². The molecule has 0 saturated carbocycles. The number of aromatic nitrogens is 6.